The summed E-state index contributed by atoms with van der Waals surface area (Å²) in [5, 5.41) is 11.4. The zero-order chi connectivity index (χ0) is 12.3. The fraction of sp³-hybridized carbons (Fsp3) is 0.333. The number of rotatable bonds is 4. The topological polar surface area (TPSA) is 66.4 Å². The molecule has 1 aromatic rings. The minimum Gasteiger partial charge on any atom is -0.481 e. The Morgan fingerprint density at radius 3 is 2.56 bits per heavy atom. The lowest BCUT2D eigenvalue weighted by Gasteiger charge is -2.13. The Morgan fingerprint density at radius 1 is 1.56 bits per heavy atom. The predicted octanol–water partition coefficient (Wildman–Crippen LogP) is 2.93. The van der Waals surface area contributed by atoms with Crippen LogP contribution in [0.2, 0.25) is 0 Å². The van der Waals surface area contributed by atoms with E-state index in [1.807, 2.05) is 0 Å². The molecule has 4 nitrogen and oxygen atoms in total. The molecule has 2 N–H and O–H groups in total. The first-order chi connectivity index (χ1) is 7.40. The smallest absolute Gasteiger partial charge is 0.305 e. The molecule has 1 heterocycles. The lowest BCUT2D eigenvalue weighted by molar-refractivity contribution is -0.137. The standard InChI is InChI=1S/C9H9Br2NO3S/c1-4(13)12-6(3-8(14)15)7-2-5(10)9(11)16-7/h2,6H,3H2,1H3,(H,12,13)(H,14,15)/t6-/m0/s1. The molecule has 1 aromatic heterocycles. The number of carbonyl (C=O) groups excluding carboxylic acids is 1. The number of thiophene rings is 1. The van der Waals surface area contributed by atoms with Crippen LogP contribution in [0.4, 0.5) is 0 Å². The first kappa shape index (κ1) is 13.7. The highest BCUT2D eigenvalue weighted by Crippen LogP contribution is 2.36. The summed E-state index contributed by atoms with van der Waals surface area (Å²) in [5.41, 5.74) is 0. The van der Waals surface area contributed by atoms with Gasteiger partial charge in [0.15, 0.2) is 0 Å². The van der Waals surface area contributed by atoms with E-state index in [2.05, 4.69) is 37.2 Å². The number of halogens is 2. The van der Waals surface area contributed by atoms with Gasteiger partial charge < -0.3 is 10.4 Å². The monoisotopic (exact) mass is 369 g/mol. The molecule has 0 aliphatic heterocycles. The molecule has 1 atom stereocenters. The van der Waals surface area contributed by atoms with E-state index in [9.17, 15) is 9.59 Å². The number of hydrogen-bond donors (Lipinski definition) is 2. The summed E-state index contributed by atoms with van der Waals surface area (Å²) in [4.78, 5) is 22.5. The van der Waals surface area contributed by atoms with Crippen LogP contribution in [-0.2, 0) is 9.59 Å². The minimum atomic E-state index is -0.945. The lowest BCUT2D eigenvalue weighted by Crippen LogP contribution is -2.27. The zero-order valence-corrected chi connectivity index (χ0v) is 12.3. The molecule has 0 radical (unpaired) electrons. The van der Waals surface area contributed by atoms with Crippen LogP contribution in [0.1, 0.15) is 24.3 Å². The van der Waals surface area contributed by atoms with E-state index in [-0.39, 0.29) is 12.3 Å². The average Bonchev–Trinajstić information content (AvgIpc) is 2.44. The molecule has 88 valence electrons. The quantitative estimate of drug-likeness (QED) is 0.856. The van der Waals surface area contributed by atoms with E-state index in [0.29, 0.717) is 0 Å². The molecule has 0 saturated heterocycles. The summed E-state index contributed by atoms with van der Waals surface area (Å²) >= 11 is 8.05. The molecule has 0 unspecified atom stereocenters. The van der Waals surface area contributed by atoms with Crippen LogP contribution in [0.25, 0.3) is 0 Å². The number of nitrogens with one attached hydrogen (secondary N) is 1. The van der Waals surface area contributed by atoms with Crippen molar-refractivity contribution in [3.8, 4) is 0 Å². The number of hydrogen-bond acceptors (Lipinski definition) is 3. The Kier molecular flexibility index (Phi) is 4.94. The maximum Gasteiger partial charge on any atom is 0.305 e. The van der Waals surface area contributed by atoms with E-state index in [1.54, 1.807) is 6.07 Å². The van der Waals surface area contributed by atoms with Crippen LogP contribution in [0.15, 0.2) is 14.3 Å². The molecular weight excluding hydrogens is 362 g/mol. The Balaban J connectivity index is 2.90. The molecular formula is C9H9Br2NO3S. The van der Waals surface area contributed by atoms with Crippen LogP contribution in [-0.4, -0.2) is 17.0 Å². The molecule has 0 aliphatic carbocycles. The third-order valence-electron chi connectivity index (χ3n) is 1.76. The maximum atomic E-state index is 11.0. The normalized spacial score (nSPS) is 12.2. The van der Waals surface area contributed by atoms with Crippen molar-refractivity contribution in [1.29, 1.82) is 0 Å². The van der Waals surface area contributed by atoms with Gasteiger partial charge in [0, 0.05) is 16.3 Å². The molecule has 16 heavy (non-hydrogen) atoms. The first-order valence-electron chi connectivity index (χ1n) is 4.33. The molecule has 7 heteroatoms. The third-order valence-corrected chi connectivity index (χ3v) is 5.13. The summed E-state index contributed by atoms with van der Waals surface area (Å²) in [6, 6.07) is 1.32. The van der Waals surface area contributed by atoms with Crippen molar-refractivity contribution >= 4 is 55.1 Å². The van der Waals surface area contributed by atoms with Gasteiger partial charge in [-0.15, -0.1) is 11.3 Å². The molecule has 0 aliphatic rings. The summed E-state index contributed by atoms with van der Waals surface area (Å²) < 4.78 is 1.73. The molecule has 1 rings (SSSR count). The fourth-order valence-electron chi connectivity index (χ4n) is 1.18. The van der Waals surface area contributed by atoms with E-state index < -0.39 is 12.0 Å². The van der Waals surface area contributed by atoms with Crippen molar-refractivity contribution in [3.05, 3.63) is 19.2 Å². The largest absolute Gasteiger partial charge is 0.481 e. The number of carbonyl (C=O) groups is 2. The summed E-state index contributed by atoms with van der Waals surface area (Å²) in [6.07, 6.45) is -0.126. The Morgan fingerprint density at radius 2 is 2.19 bits per heavy atom. The number of aliphatic carboxylic acids is 1. The van der Waals surface area contributed by atoms with Gasteiger partial charge in [-0.2, -0.15) is 0 Å². The molecule has 0 bridgehead atoms. The molecule has 0 saturated carbocycles. The summed E-state index contributed by atoms with van der Waals surface area (Å²) in [6.45, 7) is 1.37. The van der Waals surface area contributed by atoms with Gasteiger partial charge in [0.05, 0.1) is 16.2 Å². The van der Waals surface area contributed by atoms with Gasteiger partial charge in [0.2, 0.25) is 5.91 Å². The van der Waals surface area contributed by atoms with Gasteiger partial charge in [0.25, 0.3) is 0 Å². The van der Waals surface area contributed by atoms with Crippen molar-refractivity contribution in [2.24, 2.45) is 0 Å². The lowest BCUT2D eigenvalue weighted by atomic mass is 10.1. The van der Waals surface area contributed by atoms with Crippen molar-refractivity contribution in [3.63, 3.8) is 0 Å². The Labute approximate surface area is 113 Å². The molecule has 0 spiro atoms. The molecule has 0 fully saturated rings. The van der Waals surface area contributed by atoms with Crippen LogP contribution < -0.4 is 5.32 Å². The van der Waals surface area contributed by atoms with E-state index >= 15 is 0 Å². The summed E-state index contributed by atoms with van der Waals surface area (Å²) in [5.74, 6) is -1.19. The van der Waals surface area contributed by atoms with Crippen LogP contribution in [0.3, 0.4) is 0 Å². The highest BCUT2D eigenvalue weighted by Gasteiger charge is 2.19. The van der Waals surface area contributed by atoms with Crippen molar-refractivity contribution in [1.82, 2.24) is 5.32 Å². The predicted molar refractivity (Wildman–Crippen MR) is 68.5 cm³/mol. The Hall–Kier alpha value is -0.400. The van der Waals surface area contributed by atoms with Gasteiger partial charge in [0.1, 0.15) is 0 Å². The van der Waals surface area contributed by atoms with Gasteiger partial charge in [-0.1, -0.05) is 0 Å². The number of amides is 1. The summed E-state index contributed by atoms with van der Waals surface area (Å²) in [7, 11) is 0. The highest BCUT2D eigenvalue weighted by atomic mass is 79.9. The van der Waals surface area contributed by atoms with Gasteiger partial charge in [-0.25, -0.2) is 0 Å². The van der Waals surface area contributed by atoms with E-state index in [1.165, 1.54) is 18.3 Å². The van der Waals surface area contributed by atoms with E-state index in [0.717, 1.165) is 13.1 Å². The maximum absolute atomic E-state index is 11.0. The second kappa shape index (κ2) is 5.79. The molecule has 0 aromatic carbocycles. The number of carboxylic acid groups (broad SMARTS) is 1. The highest BCUT2D eigenvalue weighted by molar-refractivity contribution is 9.13. The first-order valence-corrected chi connectivity index (χ1v) is 6.74. The van der Waals surface area contributed by atoms with Gasteiger partial charge >= 0.3 is 5.97 Å². The molecule has 1 amide bonds. The van der Waals surface area contributed by atoms with Crippen molar-refractivity contribution < 1.29 is 14.7 Å². The minimum absolute atomic E-state index is 0.126. The van der Waals surface area contributed by atoms with E-state index in [4.69, 9.17) is 5.11 Å². The van der Waals surface area contributed by atoms with Crippen LogP contribution in [0, 0.1) is 0 Å². The Bertz CT molecular complexity index is 383. The van der Waals surface area contributed by atoms with Crippen LogP contribution in [0.5, 0.6) is 0 Å². The fourth-order valence-corrected chi connectivity index (χ4v) is 3.32. The third kappa shape index (κ3) is 3.88. The van der Waals surface area contributed by atoms with Gasteiger partial charge in [-0.3, -0.25) is 9.59 Å². The zero-order valence-electron chi connectivity index (χ0n) is 8.29. The second-order valence-electron chi connectivity index (χ2n) is 3.12. The van der Waals surface area contributed by atoms with Gasteiger partial charge in [-0.05, 0) is 37.9 Å². The van der Waals surface area contributed by atoms with Crippen LogP contribution >= 0.6 is 43.2 Å². The average molecular weight is 371 g/mol. The second-order valence-corrected chi connectivity index (χ2v) is 6.38. The van der Waals surface area contributed by atoms with Crippen molar-refractivity contribution in [2.75, 3.05) is 0 Å². The van der Waals surface area contributed by atoms with Crippen molar-refractivity contribution in [2.45, 2.75) is 19.4 Å². The SMILES string of the molecule is CC(=O)N[C@@H](CC(=O)O)c1cc(Br)c(Br)s1. The number of carboxylic acids is 1.